The van der Waals surface area contributed by atoms with Crippen LogP contribution in [0.4, 0.5) is 22.0 Å². The maximum atomic E-state index is 12.9. The quantitative estimate of drug-likeness (QED) is 0.651. The molecule has 0 aliphatic heterocycles. The molecule has 18 heavy (non-hydrogen) atoms. The van der Waals surface area contributed by atoms with E-state index in [2.05, 4.69) is 5.32 Å². The molecule has 1 nitrogen and oxygen atoms in total. The summed E-state index contributed by atoms with van der Waals surface area (Å²) >= 11 is -0.120. The maximum absolute atomic E-state index is 12.9. The van der Waals surface area contributed by atoms with Gasteiger partial charge in [0.15, 0.2) is 11.6 Å². The first kappa shape index (κ1) is 15.2. The molecule has 0 saturated carbocycles. The van der Waals surface area contributed by atoms with Crippen LogP contribution in [0, 0.1) is 11.6 Å². The van der Waals surface area contributed by atoms with E-state index in [4.69, 9.17) is 0 Å². The van der Waals surface area contributed by atoms with Crippen LogP contribution in [0.2, 0.25) is 0 Å². The SMILES string of the molecule is CC(NCCSC(F)(F)F)c1ccc(F)c(F)c1. The van der Waals surface area contributed by atoms with Gasteiger partial charge in [0, 0.05) is 18.3 Å². The van der Waals surface area contributed by atoms with Crippen LogP contribution in [0.5, 0.6) is 0 Å². The largest absolute Gasteiger partial charge is 0.441 e. The van der Waals surface area contributed by atoms with Gasteiger partial charge >= 0.3 is 5.51 Å². The Kier molecular flexibility index (Phi) is 5.40. The smallest absolute Gasteiger partial charge is 0.309 e. The van der Waals surface area contributed by atoms with Crippen molar-refractivity contribution < 1.29 is 22.0 Å². The fourth-order valence-corrected chi connectivity index (χ4v) is 1.79. The number of rotatable bonds is 5. The summed E-state index contributed by atoms with van der Waals surface area (Å²) in [5.41, 5.74) is -3.75. The summed E-state index contributed by atoms with van der Waals surface area (Å²) in [4.78, 5) is 0. The van der Waals surface area contributed by atoms with Crippen LogP contribution in [0.25, 0.3) is 0 Å². The van der Waals surface area contributed by atoms with Crippen LogP contribution in [-0.4, -0.2) is 17.8 Å². The Morgan fingerprint density at radius 1 is 1.22 bits per heavy atom. The Hall–Kier alpha value is -0.820. The molecule has 0 aliphatic carbocycles. The molecule has 1 aromatic rings. The van der Waals surface area contributed by atoms with Gasteiger partial charge < -0.3 is 5.32 Å². The maximum Gasteiger partial charge on any atom is 0.441 e. The molecule has 0 saturated heterocycles. The zero-order chi connectivity index (χ0) is 13.8. The Balaban J connectivity index is 2.41. The van der Waals surface area contributed by atoms with Crippen molar-refractivity contribution in [2.24, 2.45) is 0 Å². The molecule has 1 unspecified atom stereocenters. The Morgan fingerprint density at radius 2 is 1.89 bits per heavy atom. The molecule has 0 bridgehead atoms. The van der Waals surface area contributed by atoms with Crippen molar-refractivity contribution in [2.75, 3.05) is 12.3 Å². The number of benzene rings is 1. The highest BCUT2D eigenvalue weighted by molar-refractivity contribution is 8.00. The van der Waals surface area contributed by atoms with Gasteiger partial charge in [-0.05, 0) is 36.4 Å². The molecule has 1 atom stereocenters. The summed E-state index contributed by atoms with van der Waals surface area (Å²) < 4.78 is 61.1. The minimum Gasteiger partial charge on any atom is -0.309 e. The van der Waals surface area contributed by atoms with E-state index in [0.29, 0.717) is 5.56 Å². The molecule has 1 aromatic carbocycles. The summed E-state index contributed by atoms with van der Waals surface area (Å²) in [6.07, 6.45) is 0. The van der Waals surface area contributed by atoms with Crippen LogP contribution in [0.3, 0.4) is 0 Å². The van der Waals surface area contributed by atoms with Gasteiger partial charge in [-0.25, -0.2) is 8.78 Å². The van der Waals surface area contributed by atoms with Gasteiger partial charge in [0.25, 0.3) is 0 Å². The molecule has 0 aliphatic rings. The fourth-order valence-electron chi connectivity index (χ4n) is 1.34. The number of halogens is 5. The van der Waals surface area contributed by atoms with Gasteiger partial charge in [0.2, 0.25) is 0 Å². The zero-order valence-corrected chi connectivity index (χ0v) is 10.3. The number of hydrogen-bond donors (Lipinski definition) is 1. The van der Waals surface area contributed by atoms with Crippen LogP contribution < -0.4 is 5.32 Å². The van der Waals surface area contributed by atoms with Crippen LogP contribution >= 0.6 is 11.8 Å². The third-order valence-electron chi connectivity index (χ3n) is 2.26. The van der Waals surface area contributed by atoms with Crippen molar-refractivity contribution in [1.29, 1.82) is 0 Å². The summed E-state index contributed by atoms with van der Waals surface area (Å²) in [5.74, 6) is -2.04. The first-order valence-corrected chi connectivity index (χ1v) is 6.17. The molecular formula is C11H12F5NS. The van der Waals surface area contributed by atoms with Crippen LogP contribution in [0.1, 0.15) is 18.5 Å². The molecule has 0 aromatic heterocycles. The second-order valence-electron chi connectivity index (χ2n) is 3.64. The Bertz CT molecular complexity index is 394. The highest BCUT2D eigenvalue weighted by Gasteiger charge is 2.27. The summed E-state index contributed by atoms with van der Waals surface area (Å²) in [6.45, 7) is 1.80. The summed E-state index contributed by atoms with van der Waals surface area (Å²) in [6, 6.07) is 3.08. The first-order chi connectivity index (χ1) is 8.29. The number of hydrogen-bond acceptors (Lipinski definition) is 2. The van der Waals surface area contributed by atoms with Crippen LogP contribution in [-0.2, 0) is 0 Å². The van der Waals surface area contributed by atoms with E-state index in [9.17, 15) is 22.0 Å². The van der Waals surface area contributed by atoms with E-state index >= 15 is 0 Å². The number of nitrogens with one attached hydrogen (secondary N) is 1. The Morgan fingerprint density at radius 3 is 2.44 bits per heavy atom. The first-order valence-electron chi connectivity index (χ1n) is 5.18. The predicted molar refractivity (Wildman–Crippen MR) is 61.3 cm³/mol. The molecule has 1 rings (SSSR count). The molecule has 0 fully saturated rings. The summed E-state index contributed by atoms with van der Waals surface area (Å²) in [5, 5.41) is 2.81. The van der Waals surface area contributed by atoms with E-state index in [1.165, 1.54) is 6.07 Å². The van der Waals surface area contributed by atoms with E-state index in [1.54, 1.807) is 6.92 Å². The Labute approximate surface area is 106 Å². The minimum atomic E-state index is -4.24. The van der Waals surface area contributed by atoms with Crippen molar-refractivity contribution in [1.82, 2.24) is 5.32 Å². The topological polar surface area (TPSA) is 12.0 Å². The van der Waals surface area contributed by atoms with Crippen LogP contribution in [0.15, 0.2) is 18.2 Å². The normalized spacial score (nSPS) is 13.7. The van der Waals surface area contributed by atoms with Gasteiger partial charge in [-0.1, -0.05) is 6.07 Å². The van der Waals surface area contributed by atoms with Crippen molar-refractivity contribution >= 4 is 11.8 Å². The van der Waals surface area contributed by atoms with Gasteiger partial charge in [0.1, 0.15) is 0 Å². The van der Waals surface area contributed by atoms with Crippen molar-refractivity contribution in [2.45, 2.75) is 18.5 Å². The molecule has 0 amide bonds. The van der Waals surface area contributed by atoms with E-state index in [0.717, 1.165) is 12.1 Å². The van der Waals surface area contributed by atoms with Crippen molar-refractivity contribution in [3.8, 4) is 0 Å². The highest BCUT2D eigenvalue weighted by Crippen LogP contribution is 2.29. The zero-order valence-electron chi connectivity index (χ0n) is 9.52. The standard InChI is InChI=1S/C11H12F5NS/c1-7(17-4-5-18-11(14,15)16)8-2-3-9(12)10(13)6-8/h2-3,6-7,17H,4-5H2,1H3. The molecule has 7 heteroatoms. The lowest BCUT2D eigenvalue weighted by molar-refractivity contribution is -0.0327. The predicted octanol–water partition coefficient (Wildman–Crippen LogP) is 3.87. The molecule has 102 valence electrons. The monoisotopic (exact) mass is 285 g/mol. The fraction of sp³-hybridized carbons (Fsp3) is 0.455. The third kappa shape index (κ3) is 5.22. The second-order valence-corrected chi connectivity index (χ2v) is 4.80. The van der Waals surface area contributed by atoms with Gasteiger partial charge in [-0.2, -0.15) is 13.2 Å². The van der Waals surface area contributed by atoms with E-state index in [1.807, 2.05) is 0 Å². The molecule has 0 heterocycles. The lowest BCUT2D eigenvalue weighted by Crippen LogP contribution is -2.22. The minimum absolute atomic E-state index is 0.120. The second kappa shape index (κ2) is 6.38. The molecule has 0 radical (unpaired) electrons. The summed E-state index contributed by atoms with van der Waals surface area (Å²) in [7, 11) is 0. The van der Waals surface area contributed by atoms with Gasteiger partial charge in [-0.15, -0.1) is 0 Å². The third-order valence-corrected chi connectivity index (χ3v) is 3.00. The van der Waals surface area contributed by atoms with E-state index in [-0.39, 0.29) is 30.1 Å². The lowest BCUT2D eigenvalue weighted by Gasteiger charge is -2.14. The number of thioether (sulfide) groups is 1. The van der Waals surface area contributed by atoms with Crippen molar-refractivity contribution in [3.63, 3.8) is 0 Å². The highest BCUT2D eigenvalue weighted by atomic mass is 32.2. The van der Waals surface area contributed by atoms with E-state index < -0.39 is 17.1 Å². The lowest BCUT2D eigenvalue weighted by atomic mass is 10.1. The molecular weight excluding hydrogens is 273 g/mol. The van der Waals surface area contributed by atoms with Crippen molar-refractivity contribution in [3.05, 3.63) is 35.4 Å². The average Bonchev–Trinajstić information content (AvgIpc) is 2.26. The molecule has 0 spiro atoms. The number of alkyl halides is 3. The van der Waals surface area contributed by atoms with Gasteiger partial charge in [-0.3, -0.25) is 0 Å². The average molecular weight is 285 g/mol. The molecule has 1 N–H and O–H groups in total. The van der Waals surface area contributed by atoms with Gasteiger partial charge in [0.05, 0.1) is 0 Å².